The Morgan fingerprint density at radius 1 is 1.62 bits per heavy atom. The molecule has 0 aliphatic rings. The summed E-state index contributed by atoms with van der Waals surface area (Å²) >= 11 is 0. The Bertz CT molecular complexity index is 106. The van der Waals surface area contributed by atoms with Crippen molar-refractivity contribution in [3.8, 4) is 0 Å². The van der Waals surface area contributed by atoms with E-state index in [1.807, 2.05) is 0 Å². The summed E-state index contributed by atoms with van der Waals surface area (Å²) < 4.78 is 0. The van der Waals surface area contributed by atoms with Gasteiger partial charge in [0.1, 0.15) is 0 Å². The molecule has 0 bridgehead atoms. The molecule has 0 heterocycles. The van der Waals surface area contributed by atoms with E-state index in [0.717, 1.165) is 7.05 Å². The Balaban J connectivity index is 3.83. The van der Waals surface area contributed by atoms with Crippen LogP contribution in [0.3, 0.4) is 0 Å². The summed E-state index contributed by atoms with van der Waals surface area (Å²) in [5.41, 5.74) is 0. The molecule has 0 aliphatic heterocycles. The second kappa shape index (κ2) is 2.30. The molecule has 0 aliphatic carbocycles. The lowest BCUT2D eigenvalue weighted by atomic mass is 10.6. The molecule has 8 heavy (non-hydrogen) atoms. The molecule has 45 valence electrons. The van der Waals surface area contributed by atoms with Gasteiger partial charge in [0.25, 0.3) is 0 Å². The van der Waals surface area contributed by atoms with E-state index < -0.39 is 12.0 Å². The van der Waals surface area contributed by atoms with E-state index >= 15 is 0 Å². The van der Waals surface area contributed by atoms with Gasteiger partial charge in [-0.1, -0.05) is 0 Å². The average Bonchev–Trinajstić information content (AvgIpc) is 1.64. The summed E-state index contributed by atoms with van der Waals surface area (Å²) in [6.45, 7) is 2.87. The van der Waals surface area contributed by atoms with E-state index in [0.29, 0.717) is 4.90 Å². The van der Waals surface area contributed by atoms with Crippen molar-refractivity contribution in [3.05, 3.63) is 6.92 Å². The van der Waals surface area contributed by atoms with Crippen LogP contribution in [0, 0.1) is 6.92 Å². The van der Waals surface area contributed by atoms with Crippen molar-refractivity contribution in [1.29, 1.82) is 0 Å². The van der Waals surface area contributed by atoms with Crippen LogP contribution in [0.1, 0.15) is 0 Å². The van der Waals surface area contributed by atoms with Crippen LogP contribution in [0.2, 0.25) is 0 Å². The van der Waals surface area contributed by atoms with E-state index in [1.54, 1.807) is 0 Å². The van der Waals surface area contributed by atoms with Crippen LogP contribution in [0.25, 0.3) is 0 Å². The first kappa shape index (κ1) is 6.94. The number of nitrogens with zero attached hydrogens (tertiary/aromatic N) is 1. The molecule has 0 fully saturated rings. The van der Waals surface area contributed by atoms with Crippen molar-refractivity contribution in [2.24, 2.45) is 0 Å². The standard InChI is InChI=1S/C4H6NO3/c1-3(6)5(2)4(7)8/h1H2,2H3,(H,7,8). The van der Waals surface area contributed by atoms with E-state index in [2.05, 4.69) is 6.92 Å². The van der Waals surface area contributed by atoms with Crippen LogP contribution in [-0.4, -0.2) is 29.1 Å². The number of carboxylic acid groups (broad SMARTS) is 1. The molecule has 2 amide bonds. The zero-order valence-corrected chi connectivity index (χ0v) is 4.42. The Hall–Kier alpha value is -1.06. The number of rotatable bonds is 0. The van der Waals surface area contributed by atoms with Gasteiger partial charge in [0.15, 0.2) is 0 Å². The van der Waals surface area contributed by atoms with Crippen LogP contribution in [0.4, 0.5) is 4.79 Å². The topological polar surface area (TPSA) is 57.6 Å². The predicted molar refractivity (Wildman–Crippen MR) is 26.2 cm³/mol. The molecule has 4 nitrogen and oxygen atoms in total. The zero-order chi connectivity index (χ0) is 6.73. The van der Waals surface area contributed by atoms with Crippen molar-refractivity contribution in [2.75, 3.05) is 7.05 Å². The Labute approximate surface area is 46.7 Å². The van der Waals surface area contributed by atoms with Crippen LogP contribution >= 0.6 is 0 Å². The number of amides is 2. The van der Waals surface area contributed by atoms with E-state index in [4.69, 9.17) is 5.11 Å². The number of imide groups is 1. The average molecular weight is 116 g/mol. The fraction of sp³-hybridized carbons (Fsp3) is 0.250. The predicted octanol–water partition coefficient (Wildman–Crippen LogP) is -0.0431. The molecule has 1 radical (unpaired) electrons. The molecule has 0 saturated heterocycles. The summed E-state index contributed by atoms with van der Waals surface area (Å²) in [5, 5.41) is 8.02. The number of hydrogen-bond acceptors (Lipinski definition) is 2. The van der Waals surface area contributed by atoms with E-state index in [-0.39, 0.29) is 0 Å². The molecule has 0 aromatic carbocycles. The molecule has 0 spiro atoms. The van der Waals surface area contributed by atoms with Gasteiger partial charge in [0, 0.05) is 14.0 Å². The number of carbonyl (C=O) groups excluding carboxylic acids is 1. The van der Waals surface area contributed by atoms with Gasteiger partial charge < -0.3 is 5.11 Å². The minimum absolute atomic E-state index is 0.500. The molecule has 1 N–H and O–H groups in total. The van der Waals surface area contributed by atoms with Gasteiger partial charge >= 0.3 is 6.09 Å². The maximum Gasteiger partial charge on any atom is 0.413 e. The molecule has 0 atom stereocenters. The minimum atomic E-state index is -1.29. The fourth-order valence-corrected chi connectivity index (χ4v) is 0.107. The van der Waals surface area contributed by atoms with Crippen LogP contribution in [0.5, 0.6) is 0 Å². The monoisotopic (exact) mass is 116 g/mol. The smallest absolute Gasteiger partial charge is 0.413 e. The summed E-state index contributed by atoms with van der Waals surface area (Å²) in [7, 11) is 1.14. The largest absolute Gasteiger partial charge is 0.465 e. The van der Waals surface area contributed by atoms with Crippen molar-refractivity contribution in [2.45, 2.75) is 0 Å². The van der Waals surface area contributed by atoms with Crippen LogP contribution in [-0.2, 0) is 4.79 Å². The molecule has 0 unspecified atom stereocenters. The first-order valence-electron chi connectivity index (χ1n) is 1.88. The highest BCUT2D eigenvalue weighted by molar-refractivity contribution is 5.93. The van der Waals surface area contributed by atoms with Gasteiger partial charge in [0.2, 0.25) is 5.91 Å². The van der Waals surface area contributed by atoms with Crippen molar-refractivity contribution in [1.82, 2.24) is 4.90 Å². The van der Waals surface area contributed by atoms with Crippen LogP contribution < -0.4 is 0 Å². The van der Waals surface area contributed by atoms with Gasteiger partial charge in [0.05, 0.1) is 0 Å². The summed E-state index contributed by atoms with van der Waals surface area (Å²) in [6.07, 6.45) is -1.29. The molecule has 4 heteroatoms. The third-order valence-electron chi connectivity index (χ3n) is 0.661. The molecular formula is C4H6NO3. The maximum absolute atomic E-state index is 10.0. The van der Waals surface area contributed by atoms with Gasteiger partial charge in [-0.2, -0.15) is 0 Å². The van der Waals surface area contributed by atoms with Gasteiger partial charge in [-0.3, -0.25) is 9.69 Å². The normalized spacial score (nSPS) is 8.25. The Morgan fingerprint density at radius 2 is 2.00 bits per heavy atom. The van der Waals surface area contributed by atoms with Crippen LogP contribution in [0.15, 0.2) is 0 Å². The summed E-state index contributed by atoms with van der Waals surface area (Å²) in [5.74, 6) is -0.725. The van der Waals surface area contributed by atoms with E-state index in [1.165, 1.54) is 0 Å². The lowest BCUT2D eigenvalue weighted by Gasteiger charge is -2.04. The van der Waals surface area contributed by atoms with E-state index in [9.17, 15) is 9.59 Å². The minimum Gasteiger partial charge on any atom is -0.465 e. The fourth-order valence-electron chi connectivity index (χ4n) is 0.107. The van der Waals surface area contributed by atoms with Gasteiger partial charge in [-0.25, -0.2) is 4.79 Å². The first-order valence-corrected chi connectivity index (χ1v) is 1.88. The second-order valence-electron chi connectivity index (χ2n) is 1.24. The molecular weight excluding hydrogens is 110 g/mol. The Morgan fingerprint density at radius 3 is 2.00 bits per heavy atom. The lowest BCUT2D eigenvalue weighted by molar-refractivity contribution is -0.123. The SMILES string of the molecule is [CH2]C(=O)N(C)C(=O)O. The number of hydrogen-bond donors (Lipinski definition) is 1. The molecule has 0 aromatic rings. The lowest BCUT2D eigenvalue weighted by Crippen LogP contribution is -2.29. The summed E-state index contributed by atoms with van der Waals surface area (Å²) in [6, 6.07) is 0. The number of carbonyl (C=O) groups is 2. The maximum atomic E-state index is 10.0. The third-order valence-corrected chi connectivity index (χ3v) is 0.661. The van der Waals surface area contributed by atoms with Crippen molar-refractivity contribution in [3.63, 3.8) is 0 Å². The highest BCUT2D eigenvalue weighted by Crippen LogP contribution is 1.81. The van der Waals surface area contributed by atoms with Crippen molar-refractivity contribution < 1.29 is 14.7 Å². The van der Waals surface area contributed by atoms with Gasteiger partial charge in [-0.15, -0.1) is 0 Å². The first-order chi connectivity index (χ1) is 3.55. The zero-order valence-electron chi connectivity index (χ0n) is 4.42. The Kier molecular flexibility index (Phi) is 1.99. The summed E-state index contributed by atoms with van der Waals surface area (Å²) in [4.78, 5) is 20.3. The van der Waals surface area contributed by atoms with Crippen molar-refractivity contribution >= 4 is 12.0 Å². The molecule has 0 rings (SSSR count). The highest BCUT2D eigenvalue weighted by Gasteiger charge is 2.08. The second-order valence-corrected chi connectivity index (χ2v) is 1.24. The molecule has 0 saturated carbocycles. The quantitative estimate of drug-likeness (QED) is 0.483. The third kappa shape index (κ3) is 1.59. The highest BCUT2D eigenvalue weighted by atomic mass is 16.4. The van der Waals surface area contributed by atoms with Gasteiger partial charge in [-0.05, 0) is 0 Å². The molecule has 0 aromatic heterocycles.